The number of nitrogens with zero attached hydrogens (tertiary/aromatic N) is 1. The second-order valence-corrected chi connectivity index (χ2v) is 8.03. The minimum absolute atomic E-state index is 0.0566. The van der Waals surface area contributed by atoms with Gasteiger partial charge in [-0.3, -0.25) is 4.79 Å². The predicted octanol–water partition coefficient (Wildman–Crippen LogP) is 4.01. The lowest BCUT2D eigenvalue weighted by Gasteiger charge is -2.22. The standard InChI is InChI=1S/C19H19ClN2OS/c20-15-3-1-2-13(10-15)4-5-16-6-7-18(24-16)19(23)21-17-12-22-9-8-14(17)11-22/h1-7,10,14,17H,8-9,11-12H2,(H,21,23)/b5-4+. The molecule has 3 unspecified atom stereocenters. The minimum atomic E-state index is 0.0566. The summed E-state index contributed by atoms with van der Waals surface area (Å²) < 4.78 is 0. The highest BCUT2D eigenvalue weighted by atomic mass is 35.5. The van der Waals surface area contributed by atoms with Gasteiger partial charge in [-0.05, 0) is 54.8 Å². The molecule has 24 heavy (non-hydrogen) atoms. The topological polar surface area (TPSA) is 32.3 Å². The van der Waals surface area contributed by atoms with E-state index in [1.54, 1.807) is 0 Å². The maximum Gasteiger partial charge on any atom is 0.261 e. The Morgan fingerprint density at radius 3 is 2.92 bits per heavy atom. The van der Waals surface area contributed by atoms with Gasteiger partial charge in [0, 0.05) is 29.0 Å². The van der Waals surface area contributed by atoms with E-state index in [-0.39, 0.29) is 5.91 Å². The summed E-state index contributed by atoms with van der Waals surface area (Å²) in [6.45, 7) is 3.33. The molecule has 1 aromatic carbocycles. The van der Waals surface area contributed by atoms with Gasteiger partial charge >= 0.3 is 0 Å². The summed E-state index contributed by atoms with van der Waals surface area (Å²) >= 11 is 7.51. The fourth-order valence-electron chi connectivity index (χ4n) is 3.54. The van der Waals surface area contributed by atoms with Crippen molar-refractivity contribution in [1.82, 2.24) is 10.2 Å². The van der Waals surface area contributed by atoms with Crippen LogP contribution in [0.2, 0.25) is 5.02 Å². The maximum absolute atomic E-state index is 12.4. The number of carbonyl (C=O) groups is 1. The van der Waals surface area contributed by atoms with Crippen LogP contribution >= 0.6 is 22.9 Å². The van der Waals surface area contributed by atoms with E-state index >= 15 is 0 Å². The number of nitrogens with one attached hydrogen (secondary N) is 1. The molecule has 0 radical (unpaired) electrons. The Hall–Kier alpha value is -1.62. The molecule has 0 aliphatic carbocycles. The molecule has 1 aromatic heterocycles. The van der Waals surface area contributed by atoms with E-state index in [2.05, 4.69) is 10.2 Å². The molecule has 2 saturated heterocycles. The van der Waals surface area contributed by atoms with Gasteiger partial charge in [0.2, 0.25) is 0 Å². The van der Waals surface area contributed by atoms with Crippen LogP contribution in [0.3, 0.4) is 0 Å². The summed E-state index contributed by atoms with van der Waals surface area (Å²) in [4.78, 5) is 16.7. The lowest BCUT2D eigenvalue weighted by Crippen LogP contribution is -2.42. The Morgan fingerprint density at radius 1 is 1.25 bits per heavy atom. The number of amides is 1. The van der Waals surface area contributed by atoms with Crippen LogP contribution in [0.25, 0.3) is 12.2 Å². The molecule has 3 nitrogen and oxygen atoms in total. The molecule has 0 spiro atoms. The average molecular weight is 359 g/mol. The Bertz CT molecular complexity index is 785. The summed E-state index contributed by atoms with van der Waals surface area (Å²) in [5, 5.41) is 3.94. The van der Waals surface area contributed by atoms with Crippen molar-refractivity contribution in [3.63, 3.8) is 0 Å². The third-order valence-corrected chi connectivity index (χ3v) is 6.07. The quantitative estimate of drug-likeness (QED) is 0.895. The molecule has 2 bridgehead atoms. The van der Waals surface area contributed by atoms with E-state index in [0.717, 1.165) is 33.4 Å². The maximum atomic E-state index is 12.4. The lowest BCUT2D eigenvalue weighted by atomic mass is 10.00. The van der Waals surface area contributed by atoms with Crippen molar-refractivity contribution in [3.8, 4) is 0 Å². The number of thiophene rings is 1. The first kappa shape index (κ1) is 15.9. The smallest absolute Gasteiger partial charge is 0.261 e. The normalized spacial score (nSPS) is 25.5. The van der Waals surface area contributed by atoms with Crippen molar-refractivity contribution in [2.75, 3.05) is 19.6 Å². The van der Waals surface area contributed by atoms with Gasteiger partial charge in [-0.1, -0.05) is 29.8 Å². The summed E-state index contributed by atoms with van der Waals surface area (Å²) in [6.07, 6.45) is 5.25. The van der Waals surface area contributed by atoms with Crippen molar-refractivity contribution in [1.29, 1.82) is 0 Å². The van der Waals surface area contributed by atoms with E-state index in [4.69, 9.17) is 11.6 Å². The highest BCUT2D eigenvalue weighted by Gasteiger charge is 2.38. The van der Waals surface area contributed by atoms with Crippen LogP contribution in [-0.2, 0) is 0 Å². The first-order valence-corrected chi connectivity index (χ1v) is 9.43. The van der Waals surface area contributed by atoms with E-state index in [9.17, 15) is 4.79 Å². The van der Waals surface area contributed by atoms with Crippen LogP contribution in [0, 0.1) is 5.92 Å². The highest BCUT2D eigenvalue weighted by molar-refractivity contribution is 7.14. The van der Waals surface area contributed by atoms with Gasteiger partial charge in [0.25, 0.3) is 5.91 Å². The molecule has 3 atom stereocenters. The molecule has 2 fully saturated rings. The average Bonchev–Trinajstić information content (AvgIpc) is 3.29. The summed E-state index contributed by atoms with van der Waals surface area (Å²) in [5.74, 6) is 0.692. The number of hydrogen-bond donors (Lipinski definition) is 1. The molecule has 0 saturated carbocycles. The fraction of sp³-hybridized carbons (Fsp3) is 0.316. The molecule has 2 aromatic rings. The second-order valence-electron chi connectivity index (χ2n) is 6.48. The Balaban J connectivity index is 1.40. The number of halogens is 1. The van der Waals surface area contributed by atoms with Crippen molar-refractivity contribution in [2.24, 2.45) is 5.92 Å². The Kier molecular flexibility index (Phi) is 4.44. The summed E-state index contributed by atoms with van der Waals surface area (Å²) in [5.41, 5.74) is 1.05. The Labute approximate surface area is 150 Å². The number of hydrogen-bond acceptors (Lipinski definition) is 3. The van der Waals surface area contributed by atoms with Crippen molar-refractivity contribution in [3.05, 3.63) is 56.7 Å². The SMILES string of the molecule is O=C(NC1CN2CCC1C2)c1ccc(/C=C/c2cccc(Cl)c2)s1. The Morgan fingerprint density at radius 2 is 2.17 bits per heavy atom. The van der Waals surface area contributed by atoms with Gasteiger partial charge in [0.15, 0.2) is 0 Å². The number of benzene rings is 1. The van der Waals surface area contributed by atoms with Crippen molar-refractivity contribution in [2.45, 2.75) is 12.5 Å². The minimum Gasteiger partial charge on any atom is -0.347 e. The van der Waals surface area contributed by atoms with E-state index in [0.29, 0.717) is 12.0 Å². The fourth-order valence-corrected chi connectivity index (χ4v) is 4.55. The first-order valence-electron chi connectivity index (χ1n) is 8.24. The number of carbonyl (C=O) groups excluding carboxylic acids is 1. The predicted molar refractivity (Wildman–Crippen MR) is 101 cm³/mol. The van der Waals surface area contributed by atoms with E-state index < -0.39 is 0 Å². The van der Waals surface area contributed by atoms with Gasteiger partial charge < -0.3 is 10.2 Å². The number of fused-ring (bicyclic) bond motifs is 2. The zero-order valence-electron chi connectivity index (χ0n) is 13.2. The summed E-state index contributed by atoms with van der Waals surface area (Å²) in [6, 6.07) is 11.9. The zero-order valence-corrected chi connectivity index (χ0v) is 14.8. The van der Waals surface area contributed by atoms with Gasteiger partial charge in [-0.2, -0.15) is 0 Å². The molecule has 5 heteroatoms. The number of rotatable bonds is 4. The van der Waals surface area contributed by atoms with Gasteiger partial charge in [-0.15, -0.1) is 11.3 Å². The lowest BCUT2D eigenvalue weighted by molar-refractivity contribution is 0.0928. The van der Waals surface area contributed by atoms with Crippen molar-refractivity contribution < 1.29 is 4.79 Å². The third kappa shape index (κ3) is 3.41. The first-order chi connectivity index (χ1) is 11.7. The summed E-state index contributed by atoms with van der Waals surface area (Å²) in [7, 11) is 0. The molecule has 1 amide bonds. The largest absolute Gasteiger partial charge is 0.347 e. The zero-order chi connectivity index (χ0) is 16.5. The van der Waals surface area contributed by atoms with Crippen LogP contribution in [0.5, 0.6) is 0 Å². The molecule has 124 valence electrons. The van der Waals surface area contributed by atoms with Gasteiger partial charge in [0.1, 0.15) is 0 Å². The third-order valence-electron chi connectivity index (χ3n) is 4.79. The van der Waals surface area contributed by atoms with Crippen LogP contribution in [-0.4, -0.2) is 36.5 Å². The molecular weight excluding hydrogens is 340 g/mol. The molecule has 2 aliphatic rings. The molecule has 2 aliphatic heterocycles. The highest BCUT2D eigenvalue weighted by Crippen LogP contribution is 2.28. The molecule has 3 heterocycles. The van der Waals surface area contributed by atoms with Crippen LogP contribution in [0.15, 0.2) is 36.4 Å². The second kappa shape index (κ2) is 6.71. The van der Waals surface area contributed by atoms with Crippen LogP contribution in [0.1, 0.15) is 26.5 Å². The van der Waals surface area contributed by atoms with Gasteiger partial charge in [-0.25, -0.2) is 0 Å². The molecule has 1 N–H and O–H groups in total. The number of piperidine rings is 1. The molecular formula is C19H19ClN2OS. The monoisotopic (exact) mass is 358 g/mol. The molecule has 4 rings (SSSR count). The van der Waals surface area contributed by atoms with Crippen molar-refractivity contribution >= 4 is 41.0 Å². The van der Waals surface area contributed by atoms with Crippen LogP contribution in [0.4, 0.5) is 0 Å². The van der Waals surface area contributed by atoms with Gasteiger partial charge in [0.05, 0.1) is 4.88 Å². The van der Waals surface area contributed by atoms with Crippen LogP contribution < -0.4 is 5.32 Å². The van der Waals surface area contributed by atoms with E-state index in [1.807, 2.05) is 48.6 Å². The van der Waals surface area contributed by atoms with E-state index in [1.165, 1.54) is 24.3 Å².